The summed E-state index contributed by atoms with van der Waals surface area (Å²) >= 11 is 1.90. The van der Waals surface area contributed by atoms with Crippen LogP contribution in [0.3, 0.4) is 0 Å². The highest BCUT2D eigenvalue weighted by Gasteiger charge is 2.22. The molecule has 0 N–H and O–H groups in total. The van der Waals surface area contributed by atoms with E-state index < -0.39 is 0 Å². The molecule has 0 amide bonds. The van der Waals surface area contributed by atoms with Crippen molar-refractivity contribution >= 4 is 96.5 Å². The quantitative estimate of drug-likeness (QED) is 0.167. The summed E-state index contributed by atoms with van der Waals surface area (Å²) in [5, 5.41) is 14.4. The fourth-order valence-corrected chi connectivity index (χ4v) is 10.7. The highest BCUT2D eigenvalue weighted by molar-refractivity contribution is 7.27. The molecule has 0 unspecified atom stereocenters. The summed E-state index contributed by atoms with van der Waals surface area (Å²) in [6.45, 7) is 0. The Morgan fingerprint density at radius 2 is 0.917 bits per heavy atom. The molecule has 0 aliphatic heterocycles. The summed E-state index contributed by atoms with van der Waals surface area (Å²) in [4.78, 5) is 15.7. The van der Waals surface area contributed by atoms with Crippen LogP contribution in [0.1, 0.15) is 0 Å². The third kappa shape index (κ3) is 4.93. The molecule has 0 saturated heterocycles. The lowest BCUT2D eigenvalue weighted by molar-refractivity contribution is 0.669. The van der Waals surface area contributed by atoms with Gasteiger partial charge < -0.3 is 4.42 Å². The van der Waals surface area contributed by atoms with Crippen LogP contribution in [-0.4, -0.2) is 15.0 Å². The third-order valence-corrected chi connectivity index (χ3v) is 13.3. The molecule has 3 aromatic heterocycles. The molecule has 0 saturated carbocycles. The number of fused-ring (bicyclic) bond motifs is 13. The molecular formula is C55H31N3OS. The highest BCUT2D eigenvalue weighted by atomic mass is 32.1. The topological polar surface area (TPSA) is 51.8 Å². The zero-order chi connectivity index (χ0) is 39.3. The molecule has 4 nitrogen and oxygen atoms in total. The number of hydrogen-bond donors (Lipinski definition) is 0. The van der Waals surface area contributed by atoms with Gasteiger partial charge in [-0.3, -0.25) is 0 Å². The molecule has 10 aromatic carbocycles. The van der Waals surface area contributed by atoms with Crippen LogP contribution in [0.15, 0.2) is 192 Å². The number of rotatable bonds is 4. The summed E-state index contributed by atoms with van der Waals surface area (Å²) < 4.78 is 8.91. The van der Waals surface area contributed by atoms with Crippen LogP contribution in [-0.2, 0) is 0 Å². The summed E-state index contributed by atoms with van der Waals surface area (Å²) in [6.07, 6.45) is 0. The van der Waals surface area contributed by atoms with Crippen LogP contribution in [0.2, 0.25) is 0 Å². The Kier molecular flexibility index (Phi) is 7.14. The van der Waals surface area contributed by atoms with Crippen molar-refractivity contribution in [1.29, 1.82) is 0 Å². The molecule has 13 rings (SSSR count). The van der Waals surface area contributed by atoms with E-state index in [-0.39, 0.29) is 0 Å². The lowest BCUT2D eigenvalue weighted by atomic mass is 9.89. The second kappa shape index (κ2) is 12.9. The number of hydrogen-bond acceptors (Lipinski definition) is 5. The predicted octanol–water partition coefficient (Wildman–Crippen LogP) is 15.4. The van der Waals surface area contributed by atoms with E-state index in [1.54, 1.807) is 0 Å². The van der Waals surface area contributed by atoms with E-state index >= 15 is 0 Å². The molecule has 5 heteroatoms. The van der Waals surface area contributed by atoms with Crippen molar-refractivity contribution in [3.63, 3.8) is 0 Å². The molecule has 0 aliphatic carbocycles. The van der Waals surface area contributed by atoms with Crippen LogP contribution < -0.4 is 0 Å². The van der Waals surface area contributed by atoms with Crippen LogP contribution in [0.4, 0.5) is 0 Å². The number of benzene rings is 10. The van der Waals surface area contributed by atoms with Gasteiger partial charge in [0.25, 0.3) is 0 Å². The molecule has 0 radical (unpaired) electrons. The fourth-order valence-electron chi connectivity index (χ4n) is 9.43. The Hall–Kier alpha value is -7.73. The van der Waals surface area contributed by atoms with Crippen LogP contribution in [0.5, 0.6) is 0 Å². The molecule has 278 valence electrons. The van der Waals surface area contributed by atoms with E-state index in [1.165, 1.54) is 63.6 Å². The number of aromatic nitrogens is 3. The first-order valence-electron chi connectivity index (χ1n) is 20.2. The number of para-hydroxylation sites is 1. The SMILES string of the molecule is c1ccc(-c2nc(-c3ccc(-c4cc5ccc6ccccc6c5c5sc6ccc7ccccc7c6c45)c4ccccc34)nc(-c3cccc4oc5ccccc5c34)n2)cc1. The second-order valence-corrected chi connectivity index (χ2v) is 16.5. The summed E-state index contributed by atoms with van der Waals surface area (Å²) in [5.41, 5.74) is 6.81. The largest absolute Gasteiger partial charge is 0.456 e. The maximum Gasteiger partial charge on any atom is 0.164 e. The van der Waals surface area contributed by atoms with Crippen molar-refractivity contribution < 1.29 is 4.42 Å². The molecule has 3 heterocycles. The minimum Gasteiger partial charge on any atom is -0.456 e. The summed E-state index contributed by atoms with van der Waals surface area (Å²) in [7, 11) is 0. The zero-order valence-corrected chi connectivity index (χ0v) is 32.9. The minimum atomic E-state index is 0.601. The normalized spacial score (nSPS) is 12.0. The first kappa shape index (κ1) is 33.3. The van der Waals surface area contributed by atoms with Gasteiger partial charge in [-0.05, 0) is 79.2 Å². The van der Waals surface area contributed by atoms with Gasteiger partial charge in [-0.15, -0.1) is 11.3 Å². The average molecular weight is 782 g/mol. The first-order valence-corrected chi connectivity index (χ1v) is 21.0. The fraction of sp³-hybridized carbons (Fsp3) is 0. The van der Waals surface area contributed by atoms with Gasteiger partial charge in [-0.25, -0.2) is 15.0 Å². The first-order chi connectivity index (χ1) is 29.7. The average Bonchev–Trinajstić information content (AvgIpc) is 3.91. The second-order valence-electron chi connectivity index (χ2n) is 15.4. The van der Waals surface area contributed by atoms with Crippen LogP contribution in [0, 0.1) is 0 Å². The maximum atomic E-state index is 6.31. The van der Waals surface area contributed by atoms with Crippen molar-refractivity contribution in [1.82, 2.24) is 15.0 Å². The summed E-state index contributed by atoms with van der Waals surface area (Å²) in [5.74, 6) is 1.84. The van der Waals surface area contributed by atoms with Gasteiger partial charge >= 0.3 is 0 Å². The summed E-state index contributed by atoms with van der Waals surface area (Å²) in [6, 6.07) is 66.7. The van der Waals surface area contributed by atoms with Crippen LogP contribution >= 0.6 is 11.3 Å². The van der Waals surface area contributed by atoms with Gasteiger partial charge in [0.2, 0.25) is 0 Å². The Balaban J connectivity index is 1.10. The van der Waals surface area contributed by atoms with E-state index in [1.807, 2.05) is 59.9 Å². The van der Waals surface area contributed by atoms with E-state index in [2.05, 4.69) is 140 Å². The van der Waals surface area contributed by atoms with E-state index in [9.17, 15) is 0 Å². The van der Waals surface area contributed by atoms with Gasteiger partial charge in [0.05, 0.1) is 0 Å². The van der Waals surface area contributed by atoms with Gasteiger partial charge in [-0.2, -0.15) is 0 Å². The molecule has 60 heavy (non-hydrogen) atoms. The Morgan fingerprint density at radius 1 is 0.333 bits per heavy atom. The van der Waals surface area contributed by atoms with Crippen molar-refractivity contribution in [3.8, 4) is 45.3 Å². The molecule has 0 fully saturated rings. The number of furan rings is 1. The van der Waals surface area contributed by atoms with Gasteiger partial charge in [-0.1, -0.05) is 158 Å². The Bertz CT molecular complexity index is 3900. The Labute approximate surface area is 347 Å². The van der Waals surface area contributed by atoms with E-state index in [0.717, 1.165) is 49.4 Å². The van der Waals surface area contributed by atoms with Gasteiger partial charge in [0.15, 0.2) is 17.5 Å². The zero-order valence-electron chi connectivity index (χ0n) is 32.1. The maximum absolute atomic E-state index is 6.31. The standard InChI is InChI=1S/C55H31N3OS/c1-2-15-34(16-3-1)53-56-54(58-55(57-53)43-22-12-24-46-49(43)42-21-10-11-23-45(42)59-46)41-29-28-40(38-19-8-9-20-39(38)41)44-31-35-26-25-32-13-4-6-17-36(32)48(35)52-51(44)50-37-18-7-5-14-33(37)27-30-47(50)60-52/h1-31H. The van der Waals surface area contributed by atoms with Gasteiger partial charge in [0, 0.05) is 53.0 Å². The monoisotopic (exact) mass is 781 g/mol. The molecule has 0 atom stereocenters. The third-order valence-electron chi connectivity index (χ3n) is 12.1. The van der Waals surface area contributed by atoms with Crippen molar-refractivity contribution in [2.75, 3.05) is 0 Å². The lowest BCUT2D eigenvalue weighted by Crippen LogP contribution is -2.01. The minimum absolute atomic E-state index is 0.601. The van der Waals surface area contributed by atoms with Gasteiger partial charge in [0.1, 0.15) is 11.2 Å². The van der Waals surface area contributed by atoms with Crippen molar-refractivity contribution in [2.24, 2.45) is 0 Å². The van der Waals surface area contributed by atoms with E-state index in [0.29, 0.717) is 17.5 Å². The molecule has 0 aliphatic rings. The van der Waals surface area contributed by atoms with Crippen molar-refractivity contribution in [3.05, 3.63) is 188 Å². The molecule has 13 aromatic rings. The number of nitrogens with zero attached hydrogens (tertiary/aromatic N) is 3. The smallest absolute Gasteiger partial charge is 0.164 e. The predicted molar refractivity (Wildman–Crippen MR) is 252 cm³/mol. The lowest BCUT2D eigenvalue weighted by Gasteiger charge is -2.16. The number of thiophene rings is 1. The molecule has 0 bridgehead atoms. The Morgan fingerprint density at radius 3 is 1.72 bits per heavy atom. The highest BCUT2D eigenvalue weighted by Crippen LogP contribution is 2.49. The molecular weight excluding hydrogens is 751 g/mol. The van der Waals surface area contributed by atoms with Crippen molar-refractivity contribution in [2.45, 2.75) is 0 Å². The van der Waals surface area contributed by atoms with E-state index in [4.69, 9.17) is 19.4 Å². The van der Waals surface area contributed by atoms with Crippen LogP contribution in [0.25, 0.3) is 130 Å². The molecule has 0 spiro atoms.